The first-order valence-electron chi connectivity index (χ1n) is 11.8. The van der Waals surface area contributed by atoms with Crippen molar-refractivity contribution in [1.82, 2.24) is 10.2 Å². The molecule has 0 aromatic heterocycles. The highest BCUT2D eigenvalue weighted by Gasteiger charge is 2.70. The molecule has 4 amide bonds. The van der Waals surface area contributed by atoms with E-state index in [0.717, 1.165) is 11.1 Å². The van der Waals surface area contributed by atoms with E-state index in [9.17, 15) is 19.2 Å². The average molecular weight is 493 g/mol. The number of methoxy groups -OCH3 is 2. The number of rotatable bonds is 7. The van der Waals surface area contributed by atoms with E-state index in [1.807, 2.05) is 25.1 Å². The number of carbonyl (C=O) groups excluding carboxylic acids is 4. The molecule has 0 saturated carbocycles. The van der Waals surface area contributed by atoms with Gasteiger partial charge in [-0.2, -0.15) is 0 Å². The van der Waals surface area contributed by atoms with Crippen molar-refractivity contribution in [3.05, 3.63) is 53.1 Å². The summed E-state index contributed by atoms with van der Waals surface area (Å²) in [5.74, 6) is -2.61. The number of hydrogen-bond acceptors (Lipinski definition) is 7. The number of likely N-dealkylation sites (tertiary alicyclic amines) is 1. The van der Waals surface area contributed by atoms with Gasteiger partial charge in [0.2, 0.25) is 23.6 Å². The Hall–Kier alpha value is -3.92. The summed E-state index contributed by atoms with van der Waals surface area (Å²) in [6, 6.07) is 10.1. The zero-order valence-electron chi connectivity index (χ0n) is 20.3. The summed E-state index contributed by atoms with van der Waals surface area (Å²) in [6.45, 7) is 1.99. The number of fused-ring (bicyclic) bond motifs is 4. The maximum atomic E-state index is 13.8. The van der Waals surface area contributed by atoms with Gasteiger partial charge in [0.25, 0.3) is 0 Å². The predicted molar refractivity (Wildman–Crippen MR) is 129 cm³/mol. The van der Waals surface area contributed by atoms with Crippen LogP contribution in [-0.2, 0) is 31.1 Å². The van der Waals surface area contributed by atoms with Crippen LogP contribution < -0.4 is 25.8 Å². The van der Waals surface area contributed by atoms with Gasteiger partial charge in [0.15, 0.2) is 11.5 Å². The molecule has 4 N–H and O–H groups in total. The molecular formula is C26H28N4O6. The minimum absolute atomic E-state index is 0.127. The van der Waals surface area contributed by atoms with E-state index in [4.69, 9.17) is 15.2 Å². The highest BCUT2D eigenvalue weighted by Crippen LogP contribution is 2.53. The third-order valence-corrected chi connectivity index (χ3v) is 7.54. The van der Waals surface area contributed by atoms with Gasteiger partial charge in [-0.15, -0.1) is 0 Å². The quantitative estimate of drug-likeness (QED) is 0.487. The van der Waals surface area contributed by atoms with Crippen LogP contribution in [0.1, 0.15) is 23.1 Å². The van der Waals surface area contributed by atoms with Crippen LogP contribution >= 0.6 is 0 Å². The van der Waals surface area contributed by atoms with Crippen molar-refractivity contribution in [2.75, 3.05) is 26.1 Å². The van der Waals surface area contributed by atoms with Gasteiger partial charge in [0.1, 0.15) is 5.54 Å². The second-order valence-corrected chi connectivity index (χ2v) is 9.45. The van der Waals surface area contributed by atoms with Crippen molar-refractivity contribution >= 4 is 29.3 Å². The van der Waals surface area contributed by atoms with Crippen molar-refractivity contribution in [1.29, 1.82) is 0 Å². The molecule has 2 saturated heterocycles. The Bertz CT molecular complexity index is 1290. The third-order valence-electron chi connectivity index (χ3n) is 7.54. The first kappa shape index (κ1) is 23.8. The lowest BCUT2D eigenvalue weighted by atomic mass is 9.76. The number of hydrogen-bond donors (Lipinski definition) is 3. The lowest BCUT2D eigenvalue weighted by molar-refractivity contribution is -0.142. The third kappa shape index (κ3) is 3.35. The number of para-hydroxylation sites is 1. The van der Waals surface area contributed by atoms with E-state index in [0.29, 0.717) is 29.2 Å². The van der Waals surface area contributed by atoms with E-state index in [2.05, 4.69) is 10.6 Å². The summed E-state index contributed by atoms with van der Waals surface area (Å²) in [6.07, 6.45) is 0.222. The molecule has 10 nitrogen and oxygen atoms in total. The van der Waals surface area contributed by atoms with Crippen LogP contribution in [0.2, 0.25) is 0 Å². The fraction of sp³-hybridized carbons (Fsp3) is 0.385. The minimum Gasteiger partial charge on any atom is -0.493 e. The van der Waals surface area contributed by atoms with Gasteiger partial charge >= 0.3 is 0 Å². The Kier molecular flexibility index (Phi) is 5.71. The molecule has 10 heteroatoms. The van der Waals surface area contributed by atoms with Crippen molar-refractivity contribution in [3.8, 4) is 11.5 Å². The molecule has 2 fully saturated rings. The number of aryl methyl sites for hydroxylation is 1. The first-order valence-corrected chi connectivity index (χ1v) is 11.8. The zero-order valence-corrected chi connectivity index (χ0v) is 20.3. The Morgan fingerprint density at radius 1 is 1.08 bits per heavy atom. The number of carbonyl (C=O) groups is 4. The second-order valence-electron chi connectivity index (χ2n) is 9.45. The number of primary amides is 1. The van der Waals surface area contributed by atoms with Gasteiger partial charge < -0.3 is 20.5 Å². The summed E-state index contributed by atoms with van der Waals surface area (Å²) in [5, 5.41) is 6.10. The lowest BCUT2D eigenvalue weighted by Crippen LogP contribution is -2.53. The molecule has 0 radical (unpaired) electrons. The summed E-state index contributed by atoms with van der Waals surface area (Å²) in [5.41, 5.74) is 6.97. The molecule has 3 heterocycles. The monoisotopic (exact) mass is 492 g/mol. The predicted octanol–water partition coefficient (Wildman–Crippen LogP) is 0.851. The summed E-state index contributed by atoms with van der Waals surface area (Å²) in [7, 11) is 3.08. The number of amides is 4. The molecule has 0 unspecified atom stereocenters. The average Bonchev–Trinajstić information content (AvgIpc) is 3.42. The van der Waals surface area contributed by atoms with Gasteiger partial charge in [-0.1, -0.05) is 24.3 Å². The fourth-order valence-electron chi connectivity index (χ4n) is 5.92. The molecule has 0 bridgehead atoms. The Morgan fingerprint density at radius 3 is 2.53 bits per heavy atom. The van der Waals surface area contributed by atoms with Crippen LogP contribution in [0.15, 0.2) is 36.4 Å². The van der Waals surface area contributed by atoms with E-state index >= 15 is 0 Å². The standard InChI is InChI=1S/C26H28N4O6/c1-13-5-4-6-15-22(13)28-25(34)26(15)21-20(16(29-26)12-19(27)31)23(32)30(24(21)33)10-9-14-7-8-17(35-2)18(11-14)36-3/h4-8,11,16,20-21,29H,9-10,12H2,1-3H3,(H2,27,31)(H,28,34)/t16-,20-,21-,26-/m1/s1. The molecule has 4 atom stereocenters. The number of anilines is 1. The van der Waals surface area contributed by atoms with Crippen molar-refractivity contribution in [2.45, 2.75) is 31.3 Å². The molecule has 5 rings (SSSR count). The maximum absolute atomic E-state index is 13.8. The highest BCUT2D eigenvalue weighted by atomic mass is 16.5. The van der Waals surface area contributed by atoms with Crippen molar-refractivity contribution in [2.24, 2.45) is 17.6 Å². The number of nitrogens with two attached hydrogens (primary N) is 1. The summed E-state index contributed by atoms with van der Waals surface area (Å²) >= 11 is 0. The van der Waals surface area contributed by atoms with Crippen molar-refractivity contribution < 1.29 is 28.7 Å². The van der Waals surface area contributed by atoms with Crippen LogP contribution in [0.25, 0.3) is 0 Å². The lowest BCUT2D eigenvalue weighted by Gasteiger charge is -2.29. The number of ether oxygens (including phenoxy) is 2. The van der Waals surface area contributed by atoms with E-state index < -0.39 is 47.0 Å². The molecule has 36 heavy (non-hydrogen) atoms. The van der Waals surface area contributed by atoms with E-state index in [1.54, 1.807) is 25.3 Å². The van der Waals surface area contributed by atoms with Crippen LogP contribution in [0, 0.1) is 18.8 Å². The van der Waals surface area contributed by atoms with Gasteiger partial charge in [-0.25, -0.2) is 0 Å². The number of nitrogens with one attached hydrogen (secondary N) is 2. The van der Waals surface area contributed by atoms with Crippen LogP contribution in [0.5, 0.6) is 11.5 Å². The zero-order chi connectivity index (χ0) is 25.8. The molecule has 188 valence electrons. The molecule has 2 aromatic rings. The number of benzene rings is 2. The van der Waals surface area contributed by atoms with E-state index in [-0.39, 0.29) is 13.0 Å². The Balaban J connectivity index is 1.49. The Labute approximate surface area is 208 Å². The largest absolute Gasteiger partial charge is 0.493 e. The fourth-order valence-corrected chi connectivity index (χ4v) is 5.92. The molecule has 3 aliphatic heterocycles. The van der Waals surface area contributed by atoms with Crippen LogP contribution in [0.3, 0.4) is 0 Å². The molecule has 2 aromatic carbocycles. The smallest absolute Gasteiger partial charge is 0.250 e. The molecule has 3 aliphatic rings. The van der Waals surface area contributed by atoms with Crippen LogP contribution in [-0.4, -0.2) is 55.3 Å². The summed E-state index contributed by atoms with van der Waals surface area (Å²) in [4.78, 5) is 53.9. The van der Waals surface area contributed by atoms with Crippen molar-refractivity contribution in [3.63, 3.8) is 0 Å². The molecular weight excluding hydrogens is 464 g/mol. The highest BCUT2D eigenvalue weighted by molar-refractivity contribution is 6.15. The topological polar surface area (TPSA) is 140 Å². The SMILES string of the molecule is COc1ccc(CCN2C(=O)[C@@H]3[C@@H](CC(N)=O)N[C@@]4(C(=O)Nc5c(C)cccc54)[C@H]3C2=O)cc1OC. The van der Waals surface area contributed by atoms with Gasteiger partial charge in [0.05, 0.1) is 26.1 Å². The first-order chi connectivity index (χ1) is 17.2. The maximum Gasteiger partial charge on any atom is 0.250 e. The second kappa shape index (κ2) is 8.63. The normalized spacial score (nSPS) is 26.2. The number of imide groups is 1. The van der Waals surface area contributed by atoms with Crippen LogP contribution in [0.4, 0.5) is 5.69 Å². The minimum atomic E-state index is -1.45. The van der Waals surface area contributed by atoms with E-state index in [1.165, 1.54) is 12.0 Å². The Morgan fingerprint density at radius 2 is 1.83 bits per heavy atom. The molecule has 1 spiro atoms. The summed E-state index contributed by atoms with van der Waals surface area (Å²) < 4.78 is 10.6. The van der Waals surface area contributed by atoms with Gasteiger partial charge in [-0.3, -0.25) is 29.4 Å². The number of nitrogens with zero attached hydrogens (tertiary/aromatic N) is 1. The van der Waals surface area contributed by atoms with Gasteiger partial charge in [0, 0.05) is 30.3 Å². The van der Waals surface area contributed by atoms with Gasteiger partial charge in [-0.05, 0) is 36.6 Å². The molecule has 0 aliphatic carbocycles.